The molecule has 3 heteroatoms. The lowest BCUT2D eigenvalue weighted by Crippen LogP contribution is -2.27. The Morgan fingerprint density at radius 2 is 2.25 bits per heavy atom. The van der Waals surface area contributed by atoms with Crippen molar-refractivity contribution in [3.63, 3.8) is 0 Å². The Morgan fingerprint density at radius 3 is 2.50 bits per heavy atom. The number of hydrogen-bond acceptors (Lipinski definition) is 1. The van der Waals surface area contributed by atoms with Crippen molar-refractivity contribution >= 4 is 23.2 Å². The molecular formula is C5H9Cl2N. The van der Waals surface area contributed by atoms with Gasteiger partial charge in [0.25, 0.3) is 0 Å². The first kappa shape index (κ1) is 6.66. The fraction of sp³-hybridized carbons (Fsp3) is 1.00. The van der Waals surface area contributed by atoms with Crippen LogP contribution in [0.4, 0.5) is 0 Å². The maximum absolute atomic E-state index is 5.59. The minimum absolute atomic E-state index is 0.225. The maximum atomic E-state index is 5.59. The second-order valence-electron chi connectivity index (χ2n) is 2.04. The Bertz CT molecular complexity index is 68.8. The molecule has 1 atom stereocenters. The lowest BCUT2D eigenvalue weighted by molar-refractivity contribution is 0.646. The van der Waals surface area contributed by atoms with Crippen molar-refractivity contribution in [2.24, 2.45) is 0 Å². The van der Waals surface area contributed by atoms with Crippen LogP contribution in [0.2, 0.25) is 0 Å². The van der Waals surface area contributed by atoms with E-state index in [-0.39, 0.29) is 4.84 Å². The Morgan fingerprint density at radius 1 is 1.50 bits per heavy atom. The third kappa shape index (κ3) is 1.51. The summed E-state index contributed by atoms with van der Waals surface area (Å²) < 4.78 is 0. The topological polar surface area (TPSA) is 12.0 Å². The quantitative estimate of drug-likeness (QED) is 0.565. The van der Waals surface area contributed by atoms with Crippen LogP contribution in [-0.2, 0) is 0 Å². The number of alkyl halides is 2. The molecule has 8 heavy (non-hydrogen) atoms. The van der Waals surface area contributed by atoms with Gasteiger partial charge in [0, 0.05) is 6.04 Å². The predicted octanol–water partition coefficient (Wildman–Crippen LogP) is 1.54. The SMILES string of the molecule is ClC(Cl)C1CCCN1. The minimum Gasteiger partial charge on any atom is -0.311 e. The van der Waals surface area contributed by atoms with Gasteiger partial charge < -0.3 is 5.32 Å². The number of rotatable bonds is 1. The molecule has 0 aliphatic carbocycles. The van der Waals surface area contributed by atoms with Crippen molar-refractivity contribution in [3.8, 4) is 0 Å². The Hall–Kier alpha value is 0.540. The van der Waals surface area contributed by atoms with E-state index in [1.54, 1.807) is 0 Å². The molecular weight excluding hydrogens is 145 g/mol. The molecule has 0 spiro atoms. The first-order chi connectivity index (χ1) is 3.80. The fourth-order valence-corrected chi connectivity index (χ4v) is 1.36. The van der Waals surface area contributed by atoms with E-state index in [4.69, 9.17) is 23.2 Å². The van der Waals surface area contributed by atoms with E-state index < -0.39 is 0 Å². The van der Waals surface area contributed by atoms with Gasteiger partial charge in [-0.15, -0.1) is 23.2 Å². The molecule has 1 fully saturated rings. The van der Waals surface area contributed by atoms with Crippen molar-refractivity contribution < 1.29 is 0 Å². The van der Waals surface area contributed by atoms with E-state index in [9.17, 15) is 0 Å². The van der Waals surface area contributed by atoms with Gasteiger partial charge in [-0.1, -0.05) is 0 Å². The van der Waals surface area contributed by atoms with Gasteiger partial charge in [-0.2, -0.15) is 0 Å². The lowest BCUT2D eigenvalue weighted by atomic mass is 10.2. The van der Waals surface area contributed by atoms with Crippen LogP contribution in [0.5, 0.6) is 0 Å². The molecule has 1 rings (SSSR count). The molecule has 0 bridgehead atoms. The third-order valence-corrected chi connectivity index (χ3v) is 2.01. The summed E-state index contributed by atoms with van der Waals surface area (Å²) in [5.74, 6) is 0. The van der Waals surface area contributed by atoms with E-state index >= 15 is 0 Å². The second-order valence-corrected chi connectivity index (χ2v) is 3.20. The van der Waals surface area contributed by atoms with Gasteiger partial charge in [-0.3, -0.25) is 0 Å². The van der Waals surface area contributed by atoms with Crippen LogP contribution in [0.25, 0.3) is 0 Å². The summed E-state index contributed by atoms with van der Waals surface area (Å²) in [5, 5.41) is 3.19. The average molecular weight is 154 g/mol. The molecule has 0 amide bonds. The van der Waals surface area contributed by atoms with Gasteiger partial charge in [0.05, 0.1) is 0 Å². The van der Waals surface area contributed by atoms with Gasteiger partial charge in [0.1, 0.15) is 4.84 Å². The molecule has 1 aliphatic rings. The average Bonchev–Trinajstić information content (AvgIpc) is 2.12. The summed E-state index contributed by atoms with van der Waals surface area (Å²) >= 11 is 11.2. The van der Waals surface area contributed by atoms with Gasteiger partial charge in [-0.05, 0) is 19.4 Å². The largest absolute Gasteiger partial charge is 0.311 e. The van der Waals surface area contributed by atoms with Crippen LogP contribution < -0.4 is 5.32 Å². The summed E-state index contributed by atoms with van der Waals surface area (Å²) in [6.07, 6.45) is 2.33. The molecule has 0 aromatic rings. The van der Waals surface area contributed by atoms with Crippen LogP contribution in [0.3, 0.4) is 0 Å². The first-order valence-corrected chi connectivity index (χ1v) is 3.69. The zero-order valence-electron chi connectivity index (χ0n) is 4.53. The van der Waals surface area contributed by atoms with Crippen LogP contribution in [-0.4, -0.2) is 17.4 Å². The van der Waals surface area contributed by atoms with Crippen molar-refractivity contribution in [1.82, 2.24) is 5.32 Å². The maximum Gasteiger partial charge on any atom is 0.123 e. The Labute approximate surface area is 59.3 Å². The molecule has 0 saturated carbocycles. The highest BCUT2D eigenvalue weighted by Crippen LogP contribution is 2.16. The van der Waals surface area contributed by atoms with Crippen molar-refractivity contribution in [3.05, 3.63) is 0 Å². The highest BCUT2D eigenvalue weighted by Gasteiger charge is 2.19. The number of nitrogens with one attached hydrogen (secondary N) is 1. The van der Waals surface area contributed by atoms with Crippen LogP contribution >= 0.6 is 23.2 Å². The number of halogens is 2. The standard InChI is InChI=1S/C5H9Cl2N/c6-5(7)4-2-1-3-8-4/h4-5,8H,1-3H2. The van der Waals surface area contributed by atoms with Crippen molar-refractivity contribution in [2.45, 2.75) is 23.7 Å². The van der Waals surface area contributed by atoms with E-state index in [2.05, 4.69) is 5.32 Å². The highest BCUT2D eigenvalue weighted by molar-refractivity contribution is 6.44. The predicted molar refractivity (Wildman–Crippen MR) is 36.5 cm³/mol. The molecule has 1 saturated heterocycles. The van der Waals surface area contributed by atoms with Gasteiger partial charge in [0.2, 0.25) is 0 Å². The molecule has 0 aromatic carbocycles. The third-order valence-electron chi connectivity index (χ3n) is 1.40. The fourth-order valence-electron chi connectivity index (χ4n) is 0.927. The summed E-state index contributed by atoms with van der Waals surface area (Å²) in [6.45, 7) is 1.07. The summed E-state index contributed by atoms with van der Waals surface area (Å²) in [6, 6.07) is 0.346. The minimum atomic E-state index is -0.225. The Balaban J connectivity index is 2.24. The molecule has 1 unspecified atom stereocenters. The van der Waals surface area contributed by atoms with Crippen LogP contribution in [0.1, 0.15) is 12.8 Å². The monoisotopic (exact) mass is 153 g/mol. The summed E-state index contributed by atoms with van der Waals surface area (Å²) in [4.78, 5) is -0.225. The highest BCUT2D eigenvalue weighted by atomic mass is 35.5. The molecule has 0 aromatic heterocycles. The molecule has 1 N–H and O–H groups in total. The smallest absolute Gasteiger partial charge is 0.123 e. The van der Waals surface area contributed by atoms with E-state index in [0.29, 0.717) is 6.04 Å². The van der Waals surface area contributed by atoms with Crippen molar-refractivity contribution in [1.29, 1.82) is 0 Å². The first-order valence-electron chi connectivity index (χ1n) is 2.82. The van der Waals surface area contributed by atoms with Crippen LogP contribution in [0.15, 0.2) is 0 Å². The van der Waals surface area contributed by atoms with Gasteiger partial charge in [-0.25, -0.2) is 0 Å². The van der Waals surface area contributed by atoms with Crippen molar-refractivity contribution in [2.75, 3.05) is 6.54 Å². The van der Waals surface area contributed by atoms with Crippen LogP contribution in [0, 0.1) is 0 Å². The summed E-state index contributed by atoms with van der Waals surface area (Å²) in [5.41, 5.74) is 0. The summed E-state index contributed by atoms with van der Waals surface area (Å²) in [7, 11) is 0. The number of hydrogen-bond donors (Lipinski definition) is 1. The Kier molecular flexibility index (Phi) is 2.42. The van der Waals surface area contributed by atoms with Gasteiger partial charge >= 0.3 is 0 Å². The zero-order valence-corrected chi connectivity index (χ0v) is 6.04. The van der Waals surface area contributed by atoms with Gasteiger partial charge in [0.15, 0.2) is 0 Å². The molecule has 1 nitrogen and oxygen atoms in total. The molecule has 1 aliphatic heterocycles. The molecule has 0 radical (unpaired) electrons. The normalized spacial score (nSPS) is 29.6. The second kappa shape index (κ2) is 2.90. The van der Waals surface area contributed by atoms with E-state index in [1.807, 2.05) is 0 Å². The zero-order chi connectivity index (χ0) is 5.98. The molecule has 1 heterocycles. The molecule has 48 valence electrons. The van der Waals surface area contributed by atoms with E-state index in [0.717, 1.165) is 13.0 Å². The lowest BCUT2D eigenvalue weighted by Gasteiger charge is -2.08. The van der Waals surface area contributed by atoms with E-state index in [1.165, 1.54) is 6.42 Å².